The number of carbonyl (C=O) groups excluding carboxylic acids is 4. The van der Waals surface area contributed by atoms with E-state index in [2.05, 4.69) is 36.9 Å². The Morgan fingerprint density at radius 2 is 1.77 bits per heavy atom. The largest absolute Gasteiger partial charge is 0.385 e. The molecule has 3 fully saturated rings. The summed E-state index contributed by atoms with van der Waals surface area (Å²) < 4.78 is 2.07. The number of para-hydroxylation sites is 2. The van der Waals surface area contributed by atoms with Crippen LogP contribution in [0.25, 0.3) is 22.3 Å². The molecule has 1 saturated heterocycles. The molecule has 4 amide bonds. The second-order valence-electron chi connectivity index (χ2n) is 12.4. The van der Waals surface area contributed by atoms with Gasteiger partial charge in [-0.2, -0.15) is 5.10 Å². The molecule has 3 N–H and O–H groups in total. The van der Waals surface area contributed by atoms with Crippen molar-refractivity contribution in [2.75, 3.05) is 11.9 Å². The van der Waals surface area contributed by atoms with Crippen LogP contribution in [-0.2, 0) is 9.59 Å². The second kappa shape index (κ2) is 9.55. The lowest BCUT2D eigenvalue weighted by Gasteiger charge is -2.57. The molecular weight excluding hydrogens is 546 g/mol. The SMILES string of the molecule is O=C1CCC(c2cc(NCC3CC4(C3)CC(n3cc(-c5cnc6ccccc6n5)cn3)C4)cc3c2C(=O)NC3=O)C(=O)N1. The topological polar surface area (TPSA) is 148 Å². The first kappa shape index (κ1) is 25.8. The van der Waals surface area contributed by atoms with Crippen LogP contribution < -0.4 is 16.0 Å². The Hall–Kier alpha value is -4.93. The zero-order chi connectivity index (χ0) is 29.3. The number of piperidine rings is 1. The molecule has 2 saturated carbocycles. The summed E-state index contributed by atoms with van der Waals surface area (Å²) in [6.45, 7) is 0.738. The van der Waals surface area contributed by atoms with E-state index < -0.39 is 23.6 Å². The van der Waals surface area contributed by atoms with Crippen LogP contribution in [0.4, 0.5) is 5.69 Å². The average Bonchev–Trinajstić information content (AvgIpc) is 3.55. The van der Waals surface area contributed by atoms with E-state index in [-0.39, 0.29) is 23.5 Å². The smallest absolute Gasteiger partial charge is 0.259 e. The van der Waals surface area contributed by atoms with Gasteiger partial charge < -0.3 is 5.32 Å². The molecule has 11 nitrogen and oxygen atoms in total. The van der Waals surface area contributed by atoms with Crippen molar-refractivity contribution >= 4 is 40.3 Å². The van der Waals surface area contributed by atoms with Crippen LogP contribution in [0.5, 0.6) is 0 Å². The summed E-state index contributed by atoms with van der Waals surface area (Å²) in [7, 11) is 0. The number of imide groups is 2. The first-order valence-corrected chi connectivity index (χ1v) is 14.7. The number of nitrogens with zero attached hydrogens (tertiary/aromatic N) is 4. The van der Waals surface area contributed by atoms with Gasteiger partial charge in [0.25, 0.3) is 11.8 Å². The predicted molar refractivity (Wildman–Crippen MR) is 156 cm³/mol. The second-order valence-corrected chi connectivity index (χ2v) is 12.4. The van der Waals surface area contributed by atoms with Crippen molar-refractivity contribution in [2.24, 2.45) is 11.3 Å². The Kier molecular flexibility index (Phi) is 5.72. The van der Waals surface area contributed by atoms with E-state index in [1.54, 1.807) is 18.3 Å². The maximum atomic E-state index is 12.6. The van der Waals surface area contributed by atoms with Crippen LogP contribution in [-0.4, -0.2) is 49.9 Å². The van der Waals surface area contributed by atoms with Gasteiger partial charge in [0, 0.05) is 30.4 Å². The standard InChI is InChI=1S/C32H29N7O4/c40-27-6-5-21(29(41)37-27)22-7-19(8-23-28(22)31(43)38-30(23)42)33-13-17-9-32(10-17)11-20(12-32)39-16-18(14-35-39)26-15-34-24-3-1-2-4-25(24)36-26/h1-4,7-8,14-17,20-21,33H,5-6,9-13H2,(H,37,40,41)(H,38,42,43). The number of amides is 4. The molecule has 11 heteroatoms. The number of fused-ring (bicyclic) bond motifs is 2. The van der Waals surface area contributed by atoms with Gasteiger partial charge in [-0.3, -0.25) is 39.5 Å². The highest BCUT2D eigenvalue weighted by Gasteiger charge is 2.53. The number of hydrogen-bond donors (Lipinski definition) is 3. The van der Waals surface area contributed by atoms with Crippen LogP contribution in [0.3, 0.4) is 0 Å². The van der Waals surface area contributed by atoms with E-state index in [9.17, 15) is 19.2 Å². The molecule has 4 aliphatic rings. The summed E-state index contributed by atoms with van der Waals surface area (Å²) >= 11 is 0. The number of carbonyl (C=O) groups is 4. The Morgan fingerprint density at radius 3 is 2.58 bits per heavy atom. The van der Waals surface area contributed by atoms with Crippen LogP contribution in [0.1, 0.15) is 76.8 Å². The van der Waals surface area contributed by atoms with Gasteiger partial charge in [-0.15, -0.1) is 0 Å². The highest BCUT2D eigenvalue weighted by molar-refractivity contribution is 6.23. The molecule has 1 atom stereocenters. The van der Waals surface area contributed by atoms with E-state index in [1.807, 2.05) is 30.5 Å². The molecule has 4 aromatic rings. The summed E-state index contributed by atoms with van der Waals surface area (Å²) in [5.74, 6) is -1.88. The third-order valence-electron chi connectivity index (χ3n) is 9.58. The van der Waals surface area contributed by atoms with Crippen LogP contribution in [0, 0.1) is 11.3 Å². The Morgan fingerprint density at radius 1 is 0.953 bits per heavy atom. The molecule has 43 heavy (non-hydrogen) atoms. The molecule has 1 unspecified atom stereocenters. The Labute approximate surface area is 246 Å². The van der Waals surface area contributed by atoms with Crippen molar-refractivity contribution < 1.29 is 19.2 Å². The van der Waals surface area contributed by atoms with Gasteiger partial charge >= 0.3 is 0 Å². The van der Waals surface area contributed by atoms with E-state index in [4.69, 9.17) is 4.98 Å². The number of benzene rings is 2. The normalized spacial score (nSPS) is 26.1. The first-order valence-electron chi connectivity index (χ1n) is 14.7. The fraction of sp³-hybridized carbons (Fsp3) is 0.344. The lowest BCUT2D eigenvalue weighted by molar-refractivity contribution is -0.134. The van der Waals surface area contributed by atoms with Crippen molar-refractivity contribution in [2.45, 2.75) is 50.5 Å². The molecule has 4 heterocycles. The number of nitrogens with one attached hydrogen (secondary N) is 3. The number of hydrogen-bond acceptors (Lipinski definition) is 8. The zero-order valence-electron chi connectivity index (χ0n) is 23.3. The van der Waals surface area contributed by atoms with Gasteiger partial charge in [0.05, 0.1) is 52.2 Å². The molecule has 1 spiro atoms. The van der Waals surface area contributed by atoms with E-state index >= 15 is 0 Å². The maximum Gasteiger partial charge on any atom is 0.259 e. The fourth-order valence-electron chi connectivity index (χ4n) is 7.50. The van der Waals surface area contributed by atoms with Gasteiger partial charge in [0.1, 0.15) is 0 Å². The minimum absolute atomic E-state index is 0.195. The summed E-state index contributed by atoms with van der Waals surface area (Å²) in [6.07, 6.45) is 10.7. The number of aromatic nitrogens is 4. The number of anilines is 1. The first-order chi connectivity index (χ1) is 20.8. The quantitative estimate of drug-likeness (QED) is 0.295. The number of rotatable bonds is 6. The highest BCUT2D eigenvalue weighted by Crippen LogP contribution is 2.62. The Bertz CT molecular complexity index is 1850. The summed E-state index contributed by atoms with van der Waals surface area (Å²) in [5, 5.41) is 12.8. The summed E-state index contributed by atoms with van der Waals surface area (Å²) in [4.78, 5) is 58.6. The average molecular weight is 576 g/mol. The Balaban J connectivity index is 0.901. The van der Waals surface area contributed by atoms with Gasteiger partial charge in [-0.25, -0.2) is 4.98 Å². The highest BCUT2D eigenvalue weighted by atomic mass is 16.2. The van der Waals surface area contributed by atoms with Crippen molar-refractivity contribution in [3.8, 4) is 11.3 Å². The van der Waals surface area contributed by atoms with Crippen LogP contribution >= 0.6 is 0 Å². The molecule has 2 aromatic carbocycles. The van der Waals surface area contributed by atoms with Crippen molar-refractivity contribution in [3.05, 3.63) is 71.7 Å². The monoisotopic (exact) mass is 575 g/mol. The van der Waals surface area contributed by atoms with Crippen molar-refractivity contribution in [3.63, 3.8) is 0 Å². The van der Waals surface area contributed by atoms with Gasteiger partial charge in [0.2, 0.25) is 11.8 Å². The summed E-state index contributed by atoms with van der Waals surface area (Å²) in [6, 6.07) is 11.7. The van der Waals surface area contributed by atoms with E-state index in [1.165, 1.54) is 0 Å². The van der Waals surface area contributed by atoms with Gasteiger partial charge in [-0.05, 0) is 73.3 Å². The van der Waals surface area contributed by atoms with Gasteiger partial charge in [0.15, 0.2) is 0 Å². The predicted octanol–water partition coefficient (Wildman–Crippen LogP) is 3.74. The van der Waals surface area contributed by atoms with Crippen molar-refractivity contribution in [1.82, 2.24) is 30.4 Å². The lowest BCUT2D eigenvalue weighted by atomic mass is 9.50. The third kappa shape index (κ3) is 4.38. The molecule has 0 bridgehead atoms. The molecule has 8 rings (SSSR count). The van der Waals surface area contributed by atoms with Crippen molar-refractivity contribution in [1.29, 1.82) is 0 Å². The van der Waals surface area contributed by atoms with Crippen LogP contribution in [0.15, 0.2) is 55.0 Å². The third-order valence-corrected chi connectivity index (χ3v) is 9.58. The molecule has 216 valence electrons. The molecule has 0 radical (unpaired) electrons. The summed E-state index contributed by atoms with van der Waals surface area (Å²) in [5.41, 5.74) is 5.59. The van der Waals surface area contributed by atoms with Gasteiger partial charge in [-0.1, -0.05) is 12.1 Å². The minimum atomic E-state index is -0.653. The fourth-order valence-corrected chi connectivity index (χ4v) is 7.50. The molecule has 2 aliphatic heterocycles. The maximum absolute atomic E-state index is 12.6. The molecule has 2 aromatic heterocycles. The van der Waals surface area contributed by atoms with E-state index in [0.717, 1.165) is 54.5 Å². The molecular formula is C32H29N7O4. The lowest BCUT2D eigenvalue weighted by Crippen LogP contribution is -2.49. The minimum Gasteiger partial charge on any atom is -0.385 e. The van der Waals surface area contributed by atoms with E-state index in [0.29, 0.717) is 35.0 Å². The molecule has 2 aliphatic carbocycles. The van der Waals surface area contributed by atoms with Crippen LogP contribution in [0.2, 0.25) is 0 Å². The zero-order valence-corrected chi connectivity index (χ0v) is 23.3.